The van der Waals surface area contributed by atoms with Gasteiger partial charge in [-0.25, -0.2) is 17.7 Å². The molecule has 1 saturated heterocycles. The summed E-state index contributed by atoms with van der Waals surface area (Å²) in [4.78, 5) is 22.1. The number of pyridine rings is 1. The molecular weight excluding hydrogens is 396 g/mol. The highest BCUT2D eigenvalue weighted by Crippen LogP contribution is 2.28. The third kappa shape index (κ3) is 4.06. The Labute approximate surface area is 167 Å². The minimum Gasteiger partial charge on any atom is -0.310 e. The molecule has 0 atom stereocenters. The summed E-state index contributed by atoms with van der Waals surface area (Å²) >= 11 is 1.58. The van der Waals surface area contributed by atoms with E-state index in [0.29, 0.717) is 31.7 Å². The number of nitrogens with zero attached hydrogens (tertiary/aromatic N) is 3. The minimum atomic E-state index is -3.20. The lowest BCUT2D eigenvalue weighted by atomic mass is 9.97. The summed E-state index contributed by atoms with van der Waals surface area (Å²) in [6.45, 7) is 0.751. The van der Waals surface area contributed by atoms with E-state index in [4.69, 9.17) is 0 Å². The maximum atomic E-state index is 12.6. The highest BCUT2D eigenvalue weighted by molar-refractivity contribution is 7.88. The van der Waals surface area contributed by atoms with Crippen molar-refractivity contribution in [3.8, 4) is 10.4 Å². The lowest BCUT2D eigenvalue weighted by Gasteiger charge is -2.29. The van der Waals surface area contributed by atoms with Crippen LogP contribution in [0.1, 0.15) is 12.8 Å². The van der Waals surface area contributed by atoms with Gasteiger partial charge in [-0.05, 0) is 35.9 Å². The molecule has 146 valence electrons. The summed E-state index contributed by atoms with van der Waals surface area (Å²) in [5.41, 5.74) is 2.87. The van der Waals surface area contributed by atoms with Crippen LogP contribution in [0.5, 0.6) is 0 Å². The van der Waals surface area contributed by atoms with E-state index in [-0.39, 0.29) is 11.8 Å². The van der Waals surface area contributed by atoms with Crippen LogP contribution in [-0.2, 0) is 14.8 Å². The number of thiazole rings is 1. The lowest BCUT2D eigenvalue weighted by molar-refractivity contribution is -0.120. The van der Waals surface area contributed by atoms with E-state index < -0.39 is 10.0 Å². The Morgan fingerprint density at radius 1 is 1.18 bits per heavy atom. The number of carbonyl (C=O) groups is 1. The van der Waals surface area contributed by atoms with Gasteiger partial charge in [-0.3, -0.25) is 9.78 Å². The van der Waals surface area contributed by atoms with Crippen LogP contribution in [0, 0.1) is 5.92 Å². The number of carbonyl (C=O) groups excluding carboxylic acids is 1. The van der Waals surface area contributed by atoms with Gasteiger partial charge in [0.1, 0.15) is 5.82 Å². The first-order chi connectivity index (χ1) is 13.4. The molecule has 1 amide bonds. The topological polar surface area (TPSA) is 92.3 Å². The molecule has 1 aliphatic rings. The average molecular weight is 417 g/mol. The van der Waals surface area contributed by atoms with Crippen LogP contribution in [0.4, 0.5) is 5.82 Å². The van der Waals surface area contributed by atoms with Crippen molar-refractivity contribution < 1.29 is 13.2 Å². The van der Waals surface area contributed by atoms with E-state index in [9.17, 15) is 13.2 Å². The van der Waals surface area contributed by atoms with Crippen LogP contribution in [0.3, 0.4) is 0 Å². The SMILES string of the molecule is CS(=O)(=O)N1CCC(C(=O)Nc2cc3cc(-c4cncs4)ccc3cn2)CC1. The zero-order chi connectivity index (χ0) is 19.7. The summed E-state index contributed by atoms with van der Waals surface area (Å²) < 4.78 is 24.6. The van der Waals surface area contributed by atoms with Crippen LogP contribution < -0.4 is 5.32 Å². The van der Waals surface area contributed by atoms with Gasteiger partial charge >= 0.3 is 0 Å². The van der Waals surface area contributed by atoms with Crippen molar-refractivity contribution in [3.05, 3.63) is 42.2 Å². The molecule has 1 fully saturated rings. The molecule has 3 aromatic rings. The van der Waals surface area contributed by atoms with E-state index in [1.807, 2.05) is 24.4 Å². The van der Waals surface area contributed by atoms with Gasteiger partial charge in [0.15, 0.2) is 0 Å². The highest BCUT2D eigenvalue weighted by atomic mass is 32.2. The molecule has 0 saturated carbocycles. The van der Waals surface area contributed by atoms with Crippen LogP contribution in [0.25, 0.3) is 21.2 Å². The van der Waals surface area contributed by atoms with Gasteiger partial charge < -0.3 is 5.32 Å². The maximum Gasteiger partial charge on any atom is 0.228 e. The molecular formula is C19H20N4O3S2. The normalized spacial score (nSPS) is 16.3. The van der Waals surface area contributed by atoms with E-state index in [1.54, 1.807) is 23.0 Å². The van der Waals surface area contributed by atoms with Crippen LogP contribution in [0.15, 0.2) is 42.2 Å². The Hall–Kier alpha value is -2.36. The Balaban J connectivity index is 1.48. The quantitative estimate of drug-likeness (QED) is 0.706. The fraction of sp³-hybridized carbons (Fsp3) is 0.316. The first kappa shape index (κ1) is 19.0. The fourth-order valence-corrected chi connectivity index (χ4v) is 4.89. The van der Waals surface area contributed by atoms with Gasteiger partial charge in [0.05, 0.1) is 16.6 Å². The Morgan fingerprint density at radius 2 is 1.96 bits per heavy atom. The predicted octanol–water partition coefficient (Wildman–Crippen LogP) is 2.97. The van der Waals surface area contributed by atoms with Crippen molar-refractivity contribution in [1.82, 2.24) is 14.3 Å². The number of aromatic nitrogens is 2. The number of hydrogen-bond acceptors (Lipinski definition) is 6. The van der Waals surface area contributed by atoms with E-state index >= 15 is 0 Å². The molecule has 1 N–H and O–H groups in total. The zero-order valence-electron chi connectivity index (χ0n) is 15.3. The molecule has 9 heteroatoms. The smallest absolute Gasteiger partial charge is 0.228 e. The third-order valence-electron chi connectivity index (χ3n) is 4.98. The molecule has 4 rings (SSSR count). The zero-order valence-corrected chi connectivity index (χ0v) is 17.0. The minimum absolute atomic E-state index is 0.112. The summed E-state index contributed by atoms with van der Waals surface area (Å²) in [6.07, 6.45) is 5.81. The predicted molar refractivity (Wildman–Crippen MR) is 111 cm³/mol. The monoisotopic (exact) mass is 416 g/mol. The van der Waals surface area contributed by atoms with Crippen LogP contribution >= 0.6 is 11.3 Å². The largest absolute Gasteiger partial charge is 0.310 e. The summed E-state index contributed by atoms with van der Waals surface area (Å²) in [6, 6.07) is 7.96. The van der Waals surface area contributed by atoms with Crippen molar-refractivity contribution in [2.45, 2.75) is 12.8 Å². The molecule has 1 aromatic carbocycles. The fourth-order valence-electron chi connectivity index (χ4n) is 3.40. The number of sulfonamides is 1. The summed E-state index contributed by atoms with van der Waals surface area (Å²) in [7, 11) is -3.20. The summed E-state index contributed by atoms with van der Waals surface area (Å²) in [5.74, 6) is 0.183. The second-order valence-electron chi connectivity index (χ2n) is 6.92. The molecule has 0 unspecified atom stereocenters. The van der Waals surface area contributed by atoms with Crippen molar-refractivity contribution in [2.75, 3.05) is 24.7 Å². The van der Waals surface area contributed by atoms with Gasteiger partial charge in [-0.2, -0.15) is 0 Å². The molecule has 2 aromatic heterocycles. The lowest BCUT2D eigenvalue weighted by Crippen LogP contribution is -2.40. The molecule has 0 bridgehead atoms. The second kappa shape index (κ2) is 7.57. The second-order valence-corrected chi connectivity index (χ2v) is 9.79. The molecule has 3 heterocycles. The standard InChI is InChI=1S/C19H20N4O3S2/c1-28(25,26)23-6-4-13(5-7-23)19(24)22-18-9-16-8-14(17-11-20-12-27-17)2-3-15(16)10-21-18/h2-3,8-13H,4-7H2,1H3,(H,21,22,24). The van der Waals surface area contributed by atoms with Crippen LogP contribution in [-0.4, -0.2) is 47.9 Å². The Kier molecular flexibility index (Phi) is 5.13. The highest BCUT2D eigenvalue weighted by Gasteiger charge is 2.29. The molecule has 28 heavy (non-hydrogen) atoms. The van der Waals surface area contributed by atoms with Gasteiger partial charge in [0.2, 0.25) is 15.9 Å². The number of fused-ring (bicyclic) bond motifs is 1. The maximum absolute atomic E-state index is 12.6. The third-order valence-corrected chi connectivity index (χ3v) is 7.11. The van der Waals surface area contributed by atoms with Gasteiger partial charge in [0, 0.05) is 36.8 Å². The summed E-state index contributed by atoms with van der Waals surface area (Å²) in [5, 5.41) is 4.87. The van der Waals surface area contributed by atoms with Gasteiger partial charge in [-0.15, -0.1) is 11.3 Å². The first-order valence-electron chi connectivity index (χ1n) is 8.95. The number of amides is 1. The van der Waals surface area contributed by atoms with Crippen molar-refractivity contribution in [1.29, 1.82) is 0 Å². The number of hydrogen-bond donors (Lipinski definition) is 1. The Bertz CT molecular complexity index is 1110. The van der Waals surface area contributed by atoms with Gasteiger partial charge in [0.25, 0.3) is 0 Å². The van der Waals surface area contributed by atoms with Crippen molar-refractivity contribution in [3.63, 3.8) is 0 Å². The molecule has 0 spiro atoms. The first-order valence-corrected chi connectivity index (χ1v) is 11.7. The number of rotatable bonds is 4. The molecule has 7 nitrogen and oxygen atoms in total. The number of piperidine rings is 1. The van der Waals surface area contributed by atoms with Crippen LogP contribution in [0.2, 0.25) is 0 Å². The van der Waals surface area contributed by atoms with E-state index in [0.717, 1.165) is 21.2 Å². The van der Waals surface area contributed by atoms with Crippen molar-refractivity contribution >= 4 is 43.9 Å². The van der Waals surface area contributed by atoms with E-state index in [2.05, 4.69) is 21.4 Å². The number of anilines is 1. The molecule has 0 radical (unpaired) electrons. The molecule has 0 aliphatic carbocycles. The molecule has 1 aliphatic heterocycles. The number of nitrogens with one attached hydrogen (secondary N) is 1. The Morgan fingerprint density at radius 3 is 2.64 bits per heavy atom. The van der Waals surface area contributed by atoms with Crippen molar-refractivity contribution in [2.24, 2.45) is 5.92 Å². The average Bonchev–Trinajstić information content (AvgIpc) is 3.21. The number of benzene rings is 1. The van der Waals surface area contributed by atoms with Gasteiger partial charge in [-0.1, -0.05) is 12.1 Å². The van der Waals surface area contributed by atoms with E-state index in [1.165, 1.54) is 10.6 Å².